The number of carbonyl (C=O) groups excluding carboxylic acids is 1. The van der Waals surface area contributed by atoms with Gasteiger partial charge in [0.05, 0.1) is 18.4 Å². The van der Waals surface area contributed by atoms with Crippen molar-refractivity contribution in [3.8, 4) is 0 Å². The number of aromatic nitrogens is 1. The monoisotopic (exact) mass is 281 g/mol. The largest absolute Gasteiger partial charge is 0.416 e. The fourth-order valence-corrected chi connectivity index (χ4v) is 1.11. The molecule has 1 heterocycles. The van der Waals surface area contributed by atoms with E-state index < -0.39 is 30.8 Å². The van der Waals surface area contributed by atoms with Crippen LogP contribution in [0.1, 0.15) is 0 Å². The van der Waals surface area contributed by atoms with Gasteiger partial charge < -0.3 is 15.3 Å². The van der Waals surface area contributed by atoms with Crippen molar-refractivity contribution in [2.45, 2.75) is 12.3 Å². The summed E-state index contributed by atoms with van der Waals surface area (Å²) >= 11 is 0. The van der Waals surface area contributed by atoms with Gasteiger partial charge in [-0.25, -0.2) is 9.78 Å². The number of carbonyl (C=O) groups is 1. The summed E-state index contributed by atoms with van der Waals surface area (Å²) in [5, 5.41) is 11.0. The normalized spacial score (nSPS) is 12.9. The highest BCUT2D eigenvalue weighted by Crippen LogP contribution is 2.20. The third kappa shape index (κ3) is 4.70. The van der Waals surface area contributed by atoms with Gasteiger partial charge >= 0.3 is 12.2 Å². The van der Waals surface area contributed by atoms with Crippen molar-refractivity contribution in [1.82, 2.24) is 9.88 Å². The molecule has 5 nitrogen and oxygen atoms in total. The number of hydrogen-bond acceptors (Lipinski definition) is 3. The van der Waals surface area contributed by atoms with Gasteiger partial charge in [-0.2, -0.15) is 17.6 Å². The predicted molar refractivity (Wildman–Crippen MR) is 57.9 cm³/mol. The lowest BCUT2D eigenvalue weighted by atomic mass is 10.3. The van der Waals surface area contributed by atoms with Crippen molar-refractivity contribution >= 4 is 11.7 Å². The fourth-order valence-electron chi connectivity index (χ4n) is 1.11. The molecule has 0 aliphatic rings. The van der Waals surface area contributed by atoms with Crippen LogP contribution in [0.5, 0.6) is 0 Å². The van der Waals surface area contributed by atoms with E-state index in [1.165, 1.54) is 6.07 Å². The third-order valence-corrected chi connectivity index (χ3v) is 2.15. The number of likely N-dealkylation sites (N-methyl/N-ethyl adjacent to an activating group) is 1. The molecule has 2 amide bonds. The zero-order chi connectivity index (χ0) is 14.6. The van der Waals surface area contributed by atoms with Crippen molar-refractivity contribution in [2.24, 2.45) is 0 Å². The molecule has 1 unspecified atom stereocenters. The summed E-state index contributed by atoms with van der Waals surface area (Å²) in [5.41, 5.74) is 0.125. The minimum atomic E-state index is -4.80. The van der Waals surface area contributed by atoms with Crippen molar-refractivity contribution < 1.29 is 27.5 Å². The third-order valence-electron chi connectivity index (χ3n) is 2.15. The number of aliphatic hydroxyl groups is 1. The number of hydrogen-bond donors (Lipinski definition) is 2. The molecule has 2 N–H and O–H groups in total. The van der Waals surface area contributed by atoms with Crippen LogP contribution >= 0.6 is 0 Å². The van der Waals surface area contributed by atoms with Crippen LogP contribution < -0.4 is 5.32 Å². The number of halogens is 4. The number of nitrogens with zero attached hydrogens (tertiary/aromatic N) is 2. The van der Waals surface area contributed by atoms with Crippen LogP contribution in [0.3, 0.4) is 0 Å². The number of alkyl halides is 3. The molecule has 0 saturated carbocycles. The van der Waals surface area contributed by atoms with Gasteiger partial charge in [0, 0.05) is 7.05 Å². The number of nitrogens with one attached hydrogen (secondary N) is 1. The van der Waals surface area contributed by atoms with Gasteiger partial charge in [0.25, 0.3) is 0 Å². The van der Waals surface area contributed by atoms with E-state index in [9.17, 15) is 22.4 Å². The van der Waals surface area contributed by atoms with Crippen molar-refractivity contribution in [3.05, 3.63) is 24.3 Å². The summed E-state index contributed by atoms with van der Waals surface area (Å²) in [6.07, 6.45) is -6.41. The second-order valence-electron chi connectivity index (χ2n) is 3.74. The van der Waals surface area contributed by atoms with Crippen molar-refractivity contribution in [3.63, 3.8) is 0 Å². The molecule has 19 heavy (non-hydrogen) atoms. The predicted octanol–water partition coefficient (Wildman–Crippen LogP) is 1.61. The molecule has 1 atom stereocenters. The van der Waals surface area contributed by atoms with Gasteiger partial charge in [0.15, 0.2) is 6.10 Å². The van der Waals surface area contributed by atoms with E-state index in [0.29, 0.717) is 4.90 Å². The molecule has 0 bridgehead atoms. The van der Waals surface area contributed by atoms with Crippen molar-refractivity contribution in [1.29, 1.82) is 0 Å². The summed E-state index contributed by atoms with van der Waals surface area (Å²) < 4.78 is 48.7. The SMILES string of the molecule is CN(CC(O)C(F)(F)F)C(=O)Nc1ccc(F)nc1. The number of anilines is 1. The number of rotatable bonds is 3. The molecule has 106 valence electrons. The number of aliphatic hydroxyl groups excluding tert-OH is 1. The van der Waals surface area contributed by atoms with E-state index in [-0.39, 0.29) is 5.69 Å². The van der Waals surface area contributed by atoms with Gasteiger partial charge in [-0.05, 0) is 12.1 Å². The minimum absolute atomic E-state index is 0.125. The Morgan fingerprint density at radius 3 is 2.63 bits per heavy atom. The second kappa shape index (κ2) is 5.83. The Bertz CT molecular complexity index is 435. The lowest BCUT2D eigenvalue weighted by Crippen LogP contribution is -2.43. The summed E-state index contributed by atoms with van der Waals surface area (Å²) in [5.74, 6) is -0.751. The van der Waals surface area contributed by atoms with Crippen LogP contribution in [0.4, 0.5) is 28.0 Å². The van der Waals surface area contributed by atoms with Gasteiger partial charge in [-0.15, -0.1) is 0 Å². The zero-order valence-corrected chi connectivity index (χ0v) is 9.78. The molecule has 0 aliphatic carbocycles. The molecular formula is C10H11F4N3O2. The molecule has 1 rings (SSSR count). The Morgan fingerprint density at radius 1 is 1.53 bits per heavy atom. The highest BCUT2D eigenvalue weighted by Gasteiger charge is 2.39. The van der Waals surface area contributed by atoms with Crippen LogP contribution in [0.15, 0.2) is 18.3 Å². The van der Waals surface area contributed by atoms with Gasteiger partial charge in [-0.1, -0.05) is 0 Å². The Hall–Kier alpha value is -1.90. The maximum Gasteiger partial charge on any atom is 0.416 e. The second-order valence-corrected chi connectivity index (χ2v) is 3.74. The van der Waals surface area contributed by atoms with Crippen molar-refractivity contribution in [2.75, 3.05) is 18.9 Å². The number of amides is 2. The molecule has 0 spiro atoms. The molecule has 0 aromatic carbocycles. The lowest BCUT2D eigenvalue weighted by molar-refractivity contribution is -0.205. The molecule has 9 heteroatoms. The van der Waals surface area contributed by atoms with Crippen LogP contribution in [0, 0.1) is 5.95 Å². The Balaban J connectivity index is 2.56. The maximum absolute atomic E-state index is 12.5. The molecule has 1 aromatic rings. The molecule has 0 aliphatic heterocycles. The van der Waals surface area contributed by atoms with Gasteiger partial charge in [0.2, 0.25) is 5.95 Å². The van der Waals surface area contributed by atoms with E-state index in [1.807, 2.05) is 0 Å². The molecule has 0 radical (unpaired) electrons. The van der Waals surface area contributed by atoms with Crippen LogP contribution in [-0.4, -0.2) is 46.9 Å². The maximum atomic E-state index is 12.5. The fraction of sp³-hybridized carbons (Fsp3) is 0.400. The van der Waals surface area contributed by atoms with E-state index in [2.05, 4.69) is 10.3 Å². The highest BCUT2D eigenvalue weighted by molar-refractivity contribution is 5.88. The average molecular weight is 281 g/mol. The topological polar surface area (TPSA) is 65.5 Å². The molecular weight excluding hydrogens is 270 g/mol. The first-order valence-electron chi connectivity index (χ1n) is 5.08. The highest BCUT2D eigenvalue weighted by atomic mass is 19.4. The summed E-state index contributed by atoms with van der Waals surface area (Å²) in [6.45, 7) is -0.913. The van der Waals surface area contributed by atoms with Crippen LogP contribution in [0.25, 0.3) is 0 Å². The number of urea groups is 1. The molecule has 1 aromatic heterocycles. The average Bonchev–Trinajstić information content (AvgIpc) is 2.30. The van der Waals surface area contributed by atoms with E-state index >= 15 is 0 Å². The quantitative estimate of drug-likeness (QED) is 0.653. The standard InChI is InChI=1S/C10H11F4N3O2/c1-17(5-7(18)10(12,13)14)9(19)16-6-2-3-8(11)15-4-6/h2-4,7,18H,5H2,1H3,(H,16,19). The Kier molecular flexibility index (Phi) is 4.65. The van der Waals surface area contributed by atoms with Crippen LogP contribution in [0.2, 0.25) is 0 Å². The Labute approximate surface area is 105 Å². The number of pyridine rings is 1. The summed E-state index contributed by atoms with van der Waals surface area (Å²) in [7, 11) is 1.08. The summed E-state index contributed by atoms with van der Waals surface area (Å²) in [4.78, 5) is 15.4. The lowest BCUT2D eigenvalue weighted by Gasteiger charge is -2.22. The summed E-state index contributed by atoms with van der Waals surface area (Å²) in [6, 6.07) is 1.31. The van der Waals surface area contributed by atoms with Gasteiger partial charge in [0.1, 0.15) is 0 Å². The molecule has 0 fully saturated rings. The first kappa shape index (κ1) is 15.2. The zero-order valence-electron chi connectivity index (χ0n) is 9.78. The first-order chi connectivity index (χ1) is 8.70. The van der Waals surface area contributed by atoms with E-state index in [0.717, 1.165) is 19.3 Å². The smallest absolute Gasteiger partial charge is 0.382 e. The minimum Gasteiger partial charge on any atom is -0.382 e. The molecule has 0 saturated heterocycles. The first-order valence-corrected chi connectivity index (χ1v) is 5.08. The van der Waals surface area contributed by atoms with E-state index in [1.54, 1.807) is 0 Å². The van der Waals surface area contributed by atoms with Crippen LogP contribution in [-0.2, 0) is 0 Å². The Morgan fingerprint density at radius 2 is 2.16 bits per heavy atom. The van der Waals surface area contributed by atoms with Gasteiger partial charge in [-0.3, -0.25) is 0 Å². The van der Waals surface area contributed by atoms with E-state index in [4.69, 9.17) is 5.11 Å².